The average Bonchev–Trinajstić information content (AvgIpc) is 2.97. The molecule has 5 rings (SSSR count). The number of allylic oxidation sites excluding steroid dienone is 1. The van der Waals surface area contributed by atoms with Crippen molar-refractivity contribution in [2.45, 2.75) is 23.1 Å². The second-order valence-electron chi connectivity index (χ2n) is 9.28. The summed E-state index contributed by atoms with van der Waals surface area (Å²) in [6.07, 6.45) is 5.51. The van der Waals surface area contributed by atoms with E-state index in [4.69, 9.17) is 0 Å². The van der Waals surface area contributed by atoms with Crippen molar-refractivity contribution in [1.82, 2.24) is 0 Å². The zero-order chi connectivity index (χ0) is 26.3. The van der Waals surface area contributed by atoms with Gasteiger partial charge in [0.15, 0.2) is 0 Å². The van der Waals surface area contributed by atoms with Crippen LogP contribution in [0.5, 0.6) is 0 Å². The maximum absolute atomic E-state index is 4.45. The highest BCUT2D eigenvalue weighted by Gasteiger charge is 2.06. The zero-order valence-electron chi connectivity index (χ0n) is 21.4. The molecule has 0 spiro atoms. The Morgan fingerprint density at radius 1 is 0.500 bits per heavy atom. The fraction of sp³-hybridized carbons (Fsp3) is 0.0556. The van der Waals surface area contributed by atoms with E-state index in [-0.39, 0.29) is 0 Å². The molecule has 0 bridgehead atoms. The van der Waals surface area contributed by atoms with E-state index < -0.39 is 0 Å². The Bertz CT molecular complexity index is 1540. The average molecular weight is 527 g/mol. The van der Waals surface area contributed by atoms with Crippen molar-refractivity contribution < 1.29 is 0 Å². The molecular weight excluding hydrogens is 497 g/mol. The minimum absolute atomic E-state index is 0.963. The summed E-state index contributed by atoms with van der Waals surface area (Å²) in [5.74, 6) is 0. The Labute approximate surface area is 237 Å². The van der Waals surface area contributed by atoms with Crippen molar-refractivity contribution in [2.75, 3.05) is 0 Å². The first kappa shape index (κ1) is 25.9. The van der Waals surface area contributed by atoms with E-state index in [1.807, 2.05) is 24.3 Å². The SMILES string of the molecule is CC/C(=C\c1ccc(-c2ccc(/C=C(\c3ccccc3)c3ccc(S)cc3)cc2)cc1)c1ccc(S)cc1. The van der Waals surface area contributed by atoms with Crippen LogP contribution in [0.25, 0.3) is 34.4 Å². The van der Waals surface area contributed by atoms with Crippen LogP contribution in [0.4, 0.5) is 0 Å². The lowest BCUT2D eigenvalue weighted by atomic mass is 9.95. The van der Waals surface area contributed by atoms with Crippen molar-refractivity contribution in [3.63, 3.8) is 0 Å². The Balaban J connectivity index is 1.39. The van der Waals surface area contributed by atoms with Crippen molar-refractivity contribution in [2.24, 2.45) is 0 Å². The predicted molar refractivity (Wildman–Crippen MR) is 171 cm³/mol. The summed E-state index contributed by atoms with van der Waals surface area (Å²) in [4.78, 5) is 1.95. The van der Waals surface area contributed by atoms with Crippen LogP contribution >= 0.6 is 25.3 Å². The first-order valence-corrected chi connectivity index (χ1v) is 13.8. The topological polar surface area (TPSA) is 0 Å². The molecule has 2 heteroatoms. The van der Waals surface area contributed by atoms with Crippen LogP contribution in [0.15, 0.2) is 137 Å². The fourth-order valence-electron chi connectivity index (χ4n) is 4.57. The third-order valence-electron chi connectivity index (χ3n) is 6.69. The van der Waals surface area contributed by atoms with Gasteiger partial charge in [-0.3, -0.25) is 0 Å². The monoisotopic (exact) mass is 526 g/mol. The number of hydrogen-bond donors (Lipinski definition) is 2. The number of thiol groups is 2. The van der Waals surface area contributed by atoms with Crippen LogP contribution < -0.4 is 0 Å². The van der Waals surface area contributed by atoms with Crippen molar-refractivity contribution in [3.05, 3.63) is 155 Å². The minimum atomic E-state index is 0.963. The largest absolute Gasteiger partial charge is 0.143 e. The third-order valence-corrected chi connectivity index (χ3v) is 7.28. The molecule has 0 unspecified atom stereocenters. The molecule has 5 aromatic rings. The summed E-state index contributed by atoms with van der Waals surface area (Å²) in [5.41, 5.74) is 10.9. The molecule has 0 aromatic heterocycles. The van der Waals surface area contributed by atoms with Crippen molar-refractivity contribution in [1.29, 1.82) is 0 Å². The first-order valence-electron chi connectivity index (χ1n) is 12.9. The molecular formula is C36H30S2. The van der Waals surface area contributed by atoms with Gasteiger partial charge < -0.3 is 0 Å². The van der Waals surface area contributed by atoms with Gasteiger partial charge in [0.25, 0.3) is 0 Å². The molecule has 0 aliphatic heterocycles. The Kier molecular flexibility index (Phi) is 8.33. The van der Waals surface area contributed by atoms with Crippen LogP contribution in [0.1, 0.15) is 41.2 Å². The fourth-order valence-corrected chi connectivity index (χ4v) is 4.87. The van der Waals surface area contributed by atoms with Gasteiger partial charge in [0, 0.05) is 9.79 Å². The van der Waals surface area contributed by atoms with Gasteiger partial charge >= 0.3 is 0 Å². The normalized spacial score (nSPS) is 12.0. The van der Waals surface area contributed by atoms with Crippen LogP contribution in [-0.2, 0) is 0 Å². The van der Waals surface area contributed by atoms with Gasteiger partial charge in [-0.2, -0.15) is 0 Å². The second-order valence-corrected chi connectivity index (χ2v) is 10.3. The number of benzene rings is 5. The maximum atomic E-state index is 4.45. The molecule has 186 valence electrons. The minimum Gasteiger partial charge on any atom is -0.143 e. The molecule has 0 radical (unpaired) electrons. The highest BCUT2D eigenvalue weighted by atomic mass is 32.1. The quantitative estimate of drug-likeness (QED) is 0.153. The van der Waals surface area contributed by atoms with Gasteiger partial charge in [-0.05, 0) is 86.9 Å². The van der Waals surface area contributed by atoms with E-state index >= 15 is 0 Å². The molecule has 0 aliphatic rings. The van der Waals surface area contributed by atoms with E-state index in [9.17, 15) is 0 Å². The van der Waals surface area contributed by atoms with Crippen molar-refractivity contribution in [3.8, 4) is 11.1 Å². The van der Waals surface area contributed by atoms with E-state index in [0.717, 1.165) is 16.2 Å². The molecule has 0 atom stereocenters. The molecule has 0 saturated heterocycles. The third kappa shape index (κ3) is 6.39. The summed E-state index contributed by atoms with van der Waals surface area (Å²) < 4.78 is 0. The molecule has 0 amide bonds. The van der Waals surface area contributed by atoms with Gasteiger partial charge in [0.1, 0.15) is 0 Å². The van der Waals surface area contributed by atoms with Gasteiger partial charge in [0.05, 0.1) is 0 Å². The molecule has 0 N–H and O–H groups in total. The summed E-state index contributed by atoms with van der Waals surface area (Å²) in [6, 6.07) is 44.8. The van der Waals surface area contributed by atoms with E-state index in [0.29, 0.717) is 0 Å². The van der Waals surface area contributed by atoms with Crippen LogP contribution in [0.2, 0.25) is 0 Å². The first-order chi connectivity index (χ1) is 18.6. The van der Waals surface area contributed by atoms with E-state index in [1.165, 1.54) is 50.1 Å². The highest BCUT2D eigenvalue weighted by molar-refractivity contribution is 7.80. The Morgan fingerprint density at radius 2 is 0.947 bits per heavy atom. The van der Waals surface area contributed by atoms with Gasteiger partial charge in [-0.25, -0.2) is 0 Å². The lowest BCUT2D eigenvalue weighted by Crippen LogP contribution is -1.88. The maximum Gasteiger partial charge on any atom is 0.00404 e. The van der Waals surface area contributed by atoms with Crippen molar-refractivity contribution >= 4 is 48.6 Å². The Hall–Kier alpha value is -3.72. The predicted octanol–water partition coefficient (Wildman–Crippen LogP) is 10.5. The van der Waals surface area contributed by atoms with Gasteiger partial charge in [0.2, 0.25) is 0 Å². The molecule has 0 heterocycles. The summed E-state index contributed by atoms with van der Waals surface area (Å²) in [5, 5.41) is 0. The van der Waals surface area contributed by atoms with Crippen LogP contribution in [0, 0.1) is 0 Å². The standard InChI is InChI=1S/C36H30S2/c1-2-28(29-16-20-34(37)21-17-29)24-26-8-12-30(13-9-26)31-14-10-27(11-15-31)25-36(32-6-4-3-5-7-32)33-18-22-35(38)23-19-33/h3-25,37-38H,2H2,1H3/b28-24+,36-25+. The van der Waals surface area contributed by atoms with Crippen LogP contribution in [0.3, 0.4) is 0 Å². The van der Waals surface area contributed by atoms with Gasteiger partial charge in [-0.1, -0.05) is 116 Å². The number of rotatable bonds is 7. The van der Waals surface area contributed by atoms with E-state index in [1.54, 1.807) is 0 Å². The molecule has 0 saturated carbocycles. The second kappa shape index (κ2) is 12.2. The summed E-state index contributed by atoms with van der Waals surface area (Å²) in [6.45, 7) is 2.20. The molecule has 0 fully saturated rings. The highest BCUT2D eigenvalue weighted by Crippen LogP contribution is 2.29. The molecule has 0 aliphatic carbocycles. The molecule has 5 aromatic carbocycles. The number of hydrogen-bond acceptors (Lipinski definition) is 2. The molecule has 0 nitrogen and oxygen atoms in total. The Morgan fingerprint density at radius 3 is 1.45 bits per heavy atom. The zero-order valence-corrected chi connectivity index (χ0v) is 23.2. The summed E-state index contributed by atoms with van der Waals surface area (Å²) in [7, 11) is 0. The smallest absolute Gasteiger partial charge is 0.00404 e. The molecule has 38 heavy (non-hydrogen) atoms. The van der Waals surface area contributed by atoms with E-state index in [2.05, 4.69) is 147 Å². The lowest BCUT2D eigenvalue weighted by Gasteiger charge is -2.10. The summed E-state index contributed by atoms with van der Waals surface area (Å²) >= 11 is 8.86. The van der Waals surface area contributed by atoms with Gasteiger partial charge in [-0.15, -0.1) is 25.3 Å². The van der Waals surface area contributed by atoms with Crippen LogP contribution in [-0.4, -0.2) is 0 Å². The lowest BCUT2D eigenvalue weighted by molar-refractivity contribution is 1.24.